The molecule has 4 nitrogen and oxygen atoms in total. The summed E-state index contributed by atoms with van der Waals surface area (Å²) in [5, 5.41) is 3.13. The van der Waals surface area contributed by atoms with Gasteiger partial charge in [-0.3, -0.25) is 9.98 Å². The summed E-state index contributed by atoms with van der Waals surface area (Å²) < 4.78 is 42.0. The quantitative estimate of drug-likeness (QED) is 0.674. The average molecular weight is 337 g/mol. The molecule has 0 saturated carbocycles. The standard InChI is InChI=1S/C17H18F3N3O/c1-11-7-12(2)15(24-10-17(18,19)20)8-14(11)23-16(21-3)13-5-4-6-22-9-13/h4-9H,10H2,1-3H3,(H,21,23). The van der Waals surface area contributed by atoms with Gasteiger partial charge in [-0.2, -0.15) is 13.2 Å². The molecule has 0 radical (unpaired) electrons. The van der Waals surface area contributed by atoms with Crippen molar-refractivity contribution in [1.29, 1.82) is 0 Å². The second-order valence-electron chi connectivity index (χ2n) is 5.28. The van der Waals surface area contributed by atoms with Gasteiger partial charge in [0.2, 0.25) is 0 Å². The van der Waals surface area contributed by atoms with E-state index in [0.29, 0.717) is 17.1 Å². The summed E-state index contributed by atoms with van der Waals surface area (Å²) in [5.74, 6) is 0.749. The third kappa shape index (κ3) is 4.71. The number of hydrogen-bond donors (Lipinski definition) is 1. The molecular weight excluding hydrogens is 319 g/mol. The van der Waals surface area contributed by atoms with Crippen molar-refractivity contribution in [1.82, 2.24) is 4.98 Å². The second kappa shape index (κ2) is 7.33. The van der Waals surface area contributed by atoms with Crippen LogP contribution in [0.2, 0.25) is 0 Å². The number of aryl methyl sites for hydroxylation is 2. The van der Waals surface area contributed by atoms with Gasteiger partial charge >= 0.3 is 6.18 Å². The predicted molar refractivity (Wildman–Crippen MR) is 87.8 cm³/mol. The molecule has 24 heavy (non-hydrogen) atoms. The Hall–Kier alpha value is -2.57. The minimum atomic E-state index is -4.38. The predicted octanol–water partition coefficient (Wildman–Crippen LogP) is 4.13. The van der Waals surface area contributed by atoms with Crippen LogP contribution in [0.5, 0.6) is 5.75 Å². The fourth-order valence-corrected chi connectivity index (χ4v) is 2.17. The molecule has 0 bridgehead atoms. The van der Waals surface area contributed by atoms with Crippen LogP contribution in [0.3, 0.4) is 0 Å². The highest BCUT2D eigenvalue weighted by atomic mass is 19.4. The minimum absolute atomic E-state index is 0.182. The van der Waals surface area contributed by atoms with Gasteiger partial charge in [0.25, 0.3) is 0 Å². The minimum Gasteiger partial charge on any atom is -0.484 e. The van der Waals surface area contributed by atoms with Gasteiger partial charge in [0, 0.05) is 36.8 Å². The molecule has 0 amide bonds. The van der Waals surface area contributed by atoms with Gasteiger partial charge in [-0.25, -0.2) is 0 Å². The van der Waals surface area contributed by atoms with E-state index >= 15 is 0 Å². The van der Waals surface area contributed by atoms with Crippen LogP contribution in [0.25, 0.3) is 0 Å². The molecule has 1 aromatic carbocycles. The van der Waals surface area contributed by atoms with Gasteiger partial charge in [-0.1, -0.05) is 6.07 Å². The zero-order valence-corrected chi connectivity index (χ0v) is 13.6. The summed E-state index contributed by atoms with van der Waals surface area (Å²) >= 11 is 0. The number of aliphatic imine (C=N–C) groups is 1. The van der Waals surface area contributed by atoms with Crippen LogP contribution < -0.4 is 10.1 Å². The normalized spacial score (nSPS) is 12.2. The lowest BCUT2D eigenvalue weighted by Gasteiger charge is -2.16. The number of amidine groups is 1. The van der Waals surface area contributed by atoms with Gasteiger partial charge < -0.3 is 10.1 Å². The molecule has 2 aromatic rings. The number of ether oxygens (including phenoxy) is 1. The molecule has 0 atom stereocenters. The molecule has 1 aromatic heterocycles. The van der Waals surface area contributed by atoms with Crippen molar-refractivity contribution in [3.8, 4) is 5.75 Å². The van der Waals surface area contributed by atoms with Crippen molar-refractivity contribution in [2.24, 2.45) is 4.99 Å². The first-order valence-electron chi connectivity index (χ1n) is 7.25. The summed E-state index contributed by atoms with van der Waals surface area (Å²) in [6, 6.07) is 6.94. The SMILES string of the molecule is CN=C(Nc1cc(OCC(F)(F)F)c(C)cc1C)c1cccnc1. The Kier molecular flexibility index (Phi) is 5.43. The number of rotatable bonds is 4. The first-order chi connectivity index (χ1) is 11.3. The number of pyridine rings is 1. The Morgan fingerprint density at radius 3 is 2.58 bits per heavy atom. The van der Waals surface area contributed by atoms with Gasteiger partial charge in [-0.05, 0) is 37.1 Å². The number of alkyl halides is 3. The van der Waals surface area contributed by atoms with Crippen molar-refractivity contribution in [3.05, 3.63) is 53.3 Å². The fraction of sp³-hybridized carbons (Fsp3) is 0.294. The molecule has 1 heterocycles. The van der Waals surface area contributed by atoms with Gasteiger partial charge in [0.1, 0.15) is 11.6 Å². The van der Waals surface area contributed by atoms with E-state index in [4.69, 9.17) is 4.74 Å². The van der Waals surface area contributed by atoms with Crippen molar-refractivity contribution in [2.75, 3.05) is 19.0 Å². The van der Waals surface area contributed by atoms with E-state index in [1.54, 1.807) is 44.6 Å². The molecule has 128 valence electrons. The zero-order chi connectivity index (χ0) is 17.7. The highest BCUT2D eigenvalue weighted by Gasteiger charge is 2.28. The van der Waals surface area contributed by atoms with E-state index in [-0.39, 0.29) is 5.75 Å². The monoisotopic (exact) mass is 337 g/mol. The lowest BCUT2D eigenvalue weighted by molar-refractivity contribution is -0.153. The zero-order valence-electron chi connectivity index (χ0n) is 13.6. The Balaban J connectivity index is 2.26. The Morgan fingerprint density at radius 2 is 2.00 bits per heavy atom. The molecular formula is C17H18F3N3O. The lowest BCUT2D eigenvalue weighted by Crippen LogP contribution is -2.20. The molecule has 1 N–H and O–H groups in total. The maximum Gasteiger partial charge on any atom is 0.422 e. The van der Waals surface area contributed by atoms with Crippen LogP contribution in [-0.2, 0) is 0 Å². The van der Waals surface area contributed by atoms with Crippen LogP contribution in [-0.4, -0.2) is 30.7 Å². The van der Waals surface area contributed by atoms with Crippen molar-refractivity contribution in [3.63, 3.8) is 0 Å². The first-order valence-corrected chi connectivity index (χ1v) is 7.25. The highest BCUT2D eigenvalue weighted by molar-refractivity contribution is 6.08. The van der Waals surface area contributed by atoms with Crippen LogP contribution in [0.15, 0.2) is 41.7 Å². The van der Waals surface area contributed by atoms with E-state index in [9.17, 15) is 13.2 Å². The summed E-state index contributed by atoms with van der Waals surface area (Å²) in [5.41, 5.74) is 2.91. The van der Waals surface area contributed by atoms with Crippen LogP contribution in [0.4, 0.5) is 18.9 Å². The maximum absolute atomic E-state index is 12.4. The number of anilines is 1. The molecule has 0 aliphatic carbocycles. The lowest BCUT2D eigenvalue weighted by atomic mass is 10.1. The average Bonchev–Trinajstić information content (AvgIpc) is 2.53. The Bertz CT molecular complexity index is 728. The van der Waals surface area contributed by atoms with E-state index < -0.39 is 12.8 Å². The summed E-state index contributed by atoms with van der Waals surface area (Å²) in [7, 11) is 1.62. The van der Waals surface area contributed by atoms with E-state index in [1.165, 1.54) is 0 Å². The first kappa shape index (κ1) is 17.8. The number of nitrogens with one attached hydrogen (secondary N) is 1. The number of nitrogens with zero attached hydrogens (tertiary/aromatic N) is 2. The third-order valence-electron chi connectivity index (χ3n) is 3.32. The number of hydrogen-bond acceptors (Lipinski definition) is 3. The molecule has 0 unspecified atom stereocenters. The third-order valence-corrected chi connectivity index (χ3v) is 3.32. The fourth-order valence-electron chi connectivity index (χ4n) is 2.17. The van der Waals surface area contributed by atoms with Gasteiger partial charge in [0.05, 0.1) is 0 Å². The number of halogens is 3. The highest BCUT2D eigenvalue weighted by Crippen LogP contribution is 2.28. The Morgan fingerprint density at radius 1 is 1.25 bits per heavy atom. The van der Waals surface area contributed by atoms with Crippen LogP contribution >= 0.6 is 0 Å². The van der Waals surface area contributed by atoms with Crippen molar-refractivity contribution < 1.29 is 17.9 Å². The molecule has 0 aliphatic heterocycles. The molecule has 0 fully saturated rings. The van der Waals surface area contributed by atoms with Crippen LogP contribution in [0.1, 0.15) is 16.7 Å². The second-order valence-corrected chi connectivity index (χ2v) is 5.28. The molecule has 7 heteroatoms. The van der Waals surface area contributed by atoms with E-state index in [1.807, 2.05) is 13.0 Å². The topological polar surface area (TPSA) is 46.5 Å². The van der Waals surface area contributed by atoms with Crippen LogP contribution in [0, 0.1) is 13.8 Å². The summed E-state index contributed by atoms with van der Waals surface area (Å²) in [6.45, 7) is 2.24. The molecule has 0 aliphatic rings. The maximum atomic E-state index is 12.4. The van der Waals surface area contributed by atoms with Gasteiger partial charge in [-0.15, -0.1) is 0 Å². The van der Waals surface area contributed by atoms with Crippen molar-refractivity contribution in [2.45, 2.75) is 20.0 Å². The summed E-state index contributed by atoms with van der Waals surface area (Å²) in [6.07, 6.45) is -1.08. The van der Waals surface area contributed by atoms with E-state index in [0.717, 1.165) is 11.1 Å². The molecule has 2 rings (SSSR count). The molecule has 0 saturated heterocycles. The van der Waals surface area contributed by atoms with E-state index in [2.05, 4.69) is 15.3 Å². The Labute approximate surface area is 138 Å². The van der Waals surface area contributed by atoms with Gasteiger partial charge in [0.15, 0.2) is 6.61 Å². The largest absolute Gasteiger partial charge is 0.484 e. The number of aromatic nitrogens is 1. The summed E-state index contributed by atoms with van der Waals surface area (Å²) in [4.78, 5) is 8.21. The van der Waals surface area contributed by atoms with Crippen molar-refractivity contribution >= 4 is 11.5 Å². The number of benzene rings is 1. The molecule has 0 spiro atoms. The smallest absolute Gasteiger partial charge is 0.422 e.